The maximum atomic E-state index is 12.1. The van der Waals surface area contributed by atoms with E-state index in [1.54, 1.807) is 6.20 Å². The van der Waals surface area contributed by atoms with Crippen molar-refractivity contribution in [3.8, 4) is 0 Å². The van der Waals surface area contributed by atoms with Gasteiger partial charge >= 0.3 is 0 Å². The van der Waals surface area contributed by atoms with Crippen molar-refractivity contribution in [3.63, 3.8) is 0 Å². The minimum Gasteiger partial charge on any atom is -0.368 e. The molecule has 0 saturated carbocycles. The number of anilines is 1. The number of benzene rings is 1. The fraction of sp³-hybridized carbons (Fsp3) is 0.435. The molecule has 0 radical (unpaired) electrons. The first-order valence-electron chi connectivity index (χ1n) is 10.6. The van der Waals surface area contributed by atoms with Crippen LogP contribution < -0.4 is 11.1 Å². The van der Waals surface area contributed by atoms with Gasteiger partial charge in [-0.15, -0.1) is 0 Å². The molecule has 1 fully saturated rings. The second-order valence-electron chi connectivity index (χ2n) is 7.84. The number of pyridine rings is 2. The van der Waals surface area contributed by atoms with Crippen LogP contribution in [-0.2, 0) is 0 Å². The van der Waals surface area contributed by atoms with Gasteiger partial charge in [0.15, 0.2) is 5.78 Å². The van der Waals surface area contributed by atoms with Crippen LogP contribution in [0.1, 0.15) is 36.5 Å². The van der Waals surface area contributed by atoms with Gasteiger partial charge in [0.1, 0.15) is 5.82 Å². The van der Waals surface area contributed by atoms with Crippen LogP contribution in [0.25, 0.3) is 21.7 Å². The van der Waals surface area contributed by atoms with E-state index in [0.29, 0.717) is 17.9 Å². The van der Waals surface area contributed by atoms with E-state index in [-0.39, 0.29) is 5.78 Å². The van der Waals surface area contributed by atoms with Crippen LogP contribution in [0.3, 0.4) is 0 Å². The van der Waals surface area contributed by atoms with E-state index >= 15 is 0 Å². The molecule has 0 unspecified atom stereocenters. The summed E-state index contributed by atoms with van der Waals surface area (Å²) in [7, 11) is 0. The summed E-state index contributed by atoms with van der Waals surface area (Å²) in [6.07, 6.45) is 6.55. The summed E-state index contributed by atoms with van der Waals surface area (Å²) in [5, 5.41) is 6.66. The zero-order valence-corrected chi connectivity index (χ0v) is 17.0. The number of aromatic nitrogens is 2. The quantitative estimate of drug-likeness (QED) is 0.474. The molecule has 6 heteroatoms. The number of piperidine rings is 1. The average Bonchev–Trinajstić information content (AvgIpc) is 2.78. The van der Waals surface area contributed by atoms with E-state index in [1.165, 1.54) is 12.8 Å². The van der Waals surface area contributed by atoms with Gasteiger partial charge in [0, 0.05) is 53.6 Å². The molecule has 3 N–H and O–H groups in total. The van der Waals surface area contributed by atoms with Crippen LogP contribution in [0.15, 0.2) is 36.7 Å². The van der Waals surface area contributed by atoms with Crippen molar-refractivity contribution >= 4 is 33.3 Å². The highest BCUT2D eigenvalue weighted by molar-refractivity contribution is 6.11. The molecule has 1 aromatic carbocycles. The highest BCUT2D eigenvalue weighted by Gasteiger charge is 2.17. The number of carbonyl (C=O) groups excluding carboxylic acids is 1. The van der Waals surface area contributed by atoms with Crippen molar-refractivity contribution in [2.45, 2.75) is 26.2 Å². The Morgan fingerprint density at radius 3 is 2.79 bits per heavy atom. The predicted molar refractivity (Wildman–Crippen MR) is 118 cm³/mol. The summed E-state index contributed by atoms with van der Waals surface area (Å²) in [5.41, 5.74) is 7.34. The Balaban J connectivity index is 1.56. The van der Waals surface area contributed by atoms with Gasteiger partial charge in [-0.2, -0.15) is 0 Å². The summed E-state index contributed by atoms with van der Waals surface area (Å²) >= 11 is 0. The first kappa shape index (κ1) is 19.7. The highest BCUT2D eigenvalue weighted by atomic mass is 16.1. The van der Waals surface area contributed by atoms with Gasteiger partial charge in [0.25, 0.3) is 0 Å². The number of nitrogens with zero attached hydrogens (tertiary/aromatic N) is 3. The zero-order chi connectivity index (χ0) is 20.2. The number of hydrogen-bond donors (Lipinski definition) is 2. The Kier molecular flexibility index (Phi) is 6.02. The van der Waals surface area contributed by atoms with Gasteiger partial charge in [-0.25, -0.2) is 4.98 Å². The summed E-state index contributed by atoms with van der Waals surface area (Å²) in [5.74, 6) is 1.67. The van der Waals surface area contributed by atoms with E-state index in [1.807, 2.05) is 37.4 Å². The third-order valence-electron chi connectivity index (χ3n) is 6.00. The molecule has 4 rings (SSSR count). The Bertz CT molecular complexity index is 1010. The molecule has 3 heterocycles. The maximum Gasteiger partial charge on any atom is 0.162 e. The molecule has 0 atom stereocenters. The smallest absolute Gasteiger partial charge is 0.162 e. The van der Waals surface area contributed by atoms with E-state index < -0.39 is 0 Å². The van der Waals surface area contributed by atoms with Crippen LogP contribution in [0, 0.1) is 5.92 Å². The largest absolute Gasteiger partial charge is 0.368 e. The molecular weight excluding hydrogens is 362 g/mol. The summed E-state index contributed by atoms with van der Waals surface area (Å²) in [6.45, 7) is 6.72. The Labute approximate surface area is 171 Å². The lowest BCUT2D eigenvalue weighted by atomic mass is 9.97. The minimum atomic E-state index is 0.135. The lowest BCUT2D eigenvalue weighted by Gasteiger charge is -2.31. The van der Waals surface area contributed by atoms with Gasteiger partial charge in [-0.05, 0) is 50.5 Å². The van der Waals surface area contributed by atoms with Gasteiger partial charge in [-0.3, -0.25) is 9.78 Å². The topological polar surface area (TPSA) is 84.1 Å². The molecule has 2 aromatic heterocycles. The third-order valence-corrected chi connectivity index (χ3v) is 6.00. The summed E-state index contributed by atoms with van der Waals surface area (Å²) in [4.78, 5) is 23.8. The van der Waals surface area contributed by atoms with Crippen molar-refractivity contribution in [1.29, 1.82) is 0 Å². The number of fused-ring (bicyclic) bond motifs is 3. The second kappa shape index (κ2) is 8.84. The van der Waals surface area contributed by atoms with Crippen molar-refractivity contribution < 1.29 is 4.79 Å². The lowest BCUT2D eigenvalue weighted by molar-refractivity contribution is 0.0988. The molecule has 0 bridgehead atoms. The van der Waals surface area contributed by atoms with Crippen LogP contribution in [0.2, 0.25) is 0 Å². The number of rotatable bonds is 7. The van der Waals surface area contributed by atoms with E-state index in [2.05, 4.69) is 15.2 Å². The number of carbonyl (C=O) groups is 1. The number of Topliss-reactive ketones (excluding diaryl/α,β-unsaturated/α-hetero) is 1. The van der Waals surface area contributed by atoms with Gasteiger partial charge in [0.2, 0.25) is 0 Å². The molecule has 152 valence electrons. The third kappa shape index (κ3) is 4.23. The van der Waals surface area contributed by atoms with Crippen molar-refractivity contribution in [2.24, 2.45) is 11.7 Å². The van der Waals surface area contributed by atoms with Gasteiger partial charge in [0.05, 0.1) is 5.52 Å². The maximum absolute atomic E-state index is 12.1. The van der Waals surface area contributed by atoms with E-state index in [0.717, 1.165) is 60.2 Å². The van der Waals surface area contributed by atoms with Crippen LogP contribution >= 0.6 is 0 Å². The monoisotopic (exact) mass is 391 g/mol. The average molecular weight is 392 g/mol. The number of nitrogens with one attached hydrogen (secondary N) is 1. The van der Waals surface area contributed by atoms with Crippen LogP contribution in [-0.4, -0.2) is 53.4 Å². The standard InChI is InChI=1S/C23H29N5O/c1-2-22(29)17-3-4-18-20-15-25-8-5-19(20)23(27-21(18)13-17)26-9-12-28-10-6-16(14-24)7-11-28/h3-5,8,13,15-16H,2,6-7,9-12,14,24H2,1H3,(H,26,27). The molecule has 1 saturated heterocycles. The minimum absolute atomic E-state index is 0.135. The molecular formula is C23H29N5O. The normalized spacial score (nSPS) is 15.8. The van der Waals surface area contributed by atoms with Gasteiger partial charge in [-0.1, -0.05) is 19.1 Å². The van der Waals surface area contributed by atoms with Crippen molar-refractivity contribution in [1.82, 2.24) is 14.9 Å². The molecule has 0 spiro atoms. The molecule has 6 nitrogen and oxygen atoms in total. The van der Waals surface area contributed by atoms with Crippen molar-refractivity contribution in [2.75, 3.05) is 38.0 Å². The second-order valence-corrected chi connectivity index (χ2v) is 7.84. The Morgan fingerprint density at radius 2 is 2.03 bits per heavy atom. The molecule has 0 aliphatic carbocycles. The summed E-state index contributed by atoms with van der Waals surface area (Å²) in [6, 6.07) is 7.78. The first-order chi connectivity index (χ1) is 14.2. The molecule has 0 amide bonds. The Hall–Kier alpha value is -2.57. The number of hydrogen-bond acceptors (Lipinski definition) is 6. The highest BCUT2D eigenvalue weighted by Crippen LogP contribution is 2.29. The van der Waals surface area contributed by atoms with Crippen LogP contribution in [0.4, 0.5) is 5.82 Å². The summed E-state index contributed by atoms with van der Waals surface area (Å²) < 4.78 is 0. The first-order valence-corrected chi connectivity index (χ1v) is 10.6. The Morgan fingerprint density at radius 1 is 1.21 bits per heavy atom. The van der Waals surface area contributed by atoms with Crippen LogP contribution in [0.5, 0.6) is 0 Å². The molecule has 1 aliphatic heterocycles. The number of nitrogens with two attached hydrogens (primary N) is 1. The van der Waals surface area contributed by atoms with Gasteiger partial charge < -0.3 is 16.0 Å². The lowest BCUT2D eigenvalue weighted by Crippen LogP contribution is -2.38. The molecule has 3 aromatic rings. The van der Waals surface area contributed by atoms with E-state index in [9.17, 15) is 4.79 Å². The number of ketones is 1. The van der Waals surface area contributed by atoms with E-state index in [4.69, 9.17) is 10.7 Å². The predicted octanol–water partition coefficient (Wildman–Crippen LogP) is 3.46. The fourth-order valence-corrected chi connectivity index (χ4v) is 4.14. The number of likely N-dealkylation sites (tertiary alicyclic amines) is 1. The fourth-order valence-electron chi connectivity index (χ4n) is 4.14. The molecule has 29 heavy (non-hydrogen) atoms. The SMILES string of the molecule is CCC(=O)c1ccc2c(c1)nc(NCCN1CCC(CN)CC1)c1ccncc12. The molecule has 1 aliphatic rings. The van der Waals surface area contributed by atoms with Crippen molar-refractivity contribution in [3.05, 3.63) is 42.2 Å². The zero-order valence-electron chi connectivity index (χ0n) is 17.0.